The maximum atomic E-state index is 2.67. The van der Waals surface area contributed by atoms with Gasteiger partial charge in [0.1, 0.15) is 0 Å². The molecular weight excluding hydrogens is 316 g/mol. The van der Waals surface area contributed by atoms with Gasteiger partial charge >= 0.3 is 0 Å². The summed E-state index contributed by atoms with van der Waals surface area (Å²) >= 11 is 0. The molecule has 4 rings (SSSR count). The van der Waals surface area contributed by atoms with Crippen LogP contribution in [0.4, 0.5) is 0 Å². The first-order chi connectivity index (χ1) is 12.6. The van der Waals surface area contributed by atoms with Crippen molar-refractivity contribution in [2.75, 3.05) is 6.54 Å². The van der Waals surface area contributed by atoms with Crippen LogP contribution in [0.3, 0.4) is 0 Å². The number of fused-ring (bicyclic) bond motifs is 1. The summed E-state index contributed by atoms with van der Waals surface area (Å²) in [5, 5.41) is 0. The van der Waals surface area contributed by atoms with E-state index in [0.717, 1.165) is 19.6 Å². The minimum absolute atomic E-state index is 0.312. The van der Waals surface area contributed by atoms with Crippen molar-refractivity contribution in [1.29, 1.82) is 0 Å². The Morgan fingerprint density at radius 3 is 2.31 bits per heavy atom. The van der Waals surface area contributed by atoms with E-state index in [1.54, 1.807) is 0 Å². The molecule has 0 amide bonds. The van der Waals surface area contributed by atoms with E-state index in [9.17, 15) is 0 Å². The third kappa shape index (κ3) is 3.22. The molecule has 2 heteroatoms. The van der Waals surface area contributed by atoms with Crippen molar-refractivity contribution < 1.29 is 0 Å². The summed E-state index contributed by atoms with van der Waals surface area (Å²) in [6.07, 6.45) is 3.42. The van der Waals surface area contributed by atoms with Crippen LogP contribution in [0.15, 0.2) is 60.8 Å². The molecule has 1 aliphatic heterocycles. The van der Waals surface area contributed by atoms with Crippen LogP contribution in [0.5, 0.6) is 0 Å². The van der Waals surface area contributed by atoms with Gasteiger partial charge in [0.15, 0.2) is 0 Å². The smallest absolute Gasteiger partial charge is 0.0759 e. The molecule has 3 aromatic rings. The van der Waals surface area contributed by atoms with Gasteiger partial charge in [-0.3, -0.25) is 4.90 Å². The van der Waals surface area contributed by atoms with E-state index in [-0.39, 0.29) is 0 Å². The number of nitrogens with zero attached hydrogens (tertiary/aromatic N) is 2. The first-order valence-electron chi connectivity index (χ1n) is 9.64. The molecule has 0 fully saturated rings. The van der Waals surface area contributed by atoms with Gasteiger partial charge < -0.3 is 4.57 Å². The monoisotopic (exact) mass is 344 g/mol. The summed E-state index contributed by atoms with van der Waals surface area (Å²) in [7, 11) is 0. The van der Waals surface area contributed by atoms with Crippen LogP contribution in [0.2, 0.25) is 0 Å². The molecule has 0 aliphatic carbocycles. The highest BCUT2D eigenvalue weighted by molar-refractivity contribution is 5.36. The Hall–Kier alpha value is -2.32. The molecule has 134 valence electrons. The lowest BCUT2D eigenvalue weighted by atomic mass is 9.97. The fraction of sp³-hybridized carbons (Fsp3) is 0.333. The summed E-state index contributed by atoms with van der Waals surface area (Å²) in [5.74, 6) is 0. The van der Waals surface area contributed by atoms with Crippen molar-refractivity contribution >= 4 is 0 Å². The molecule has 0 radical (unpaired) electrons. The summed E-state index contributed by atoms with van der Waals surface area (Å²) < 4.78 is 2.44. The van der Waals surface area contributed by atoms with Crippen LogP contribution in [-0.4, -0.2) is 16.0 Å². The van der Waals surface area contributed by atoms with Crippen LogP contribution >= 0.6 is 0 Å². The number of hydrogen-bond donors (Lipinski definition) is 0. The zero-order chi connectivity index (χ0) is 18.1. The van der Waals surface area contributed by atoms with Crippen molar-refractivity contribution in [2.24, 2.45) is 0 Å². The second-order valence-electron chi connectivity index (χ2n) is 7.63. The fourth-order valence-electron chi connectivity index (χ4n) is 4.24. The fourth-order valence-corrected chi connectivity index (χ4v) is 4.24. The third-order valence-electron chi connectivity index (χ3n) is 5.75. The normalized spacial score (nSPS) is 17.7. The summed E-state index contributed by atoms with van der Waals surface area (Å²) in [6, 6.07) is 20.5. The molecule has 1 atom stereocenters. The average molecular weight is 345 g/mol. The molecule has 2 heterocycles. The summed E-state index contributed by atoms with van der Waals surface area (Å²) in [4.78, 5) is 2.67. The van der Waals surface area contributed by atoms with E-state index in [0.29, 0.717) is 6.04 Å². The lowest BCUT2D eigenvalue weighted by molar-refractivity contribution is 0.219. The SMILES string of the molecule is Cc1ccc(C2c3cccn3CCCN2Cc2c(C)cccc2C)cc1. The highest BCUT2D eigenvalue weighted by Gasteiger charge is 2.27. The lowest BCUT2D eigenvalue weighted by Crippen LogP contribution is -2.30. The minimum Gasteiger partial charge on any atom is -0.350 e. The van der Waals surface area contributed by atoms with E-state index in [1.165, 1.54) is 39.9 Å². The number of rotatable bonds is 3. The molecule has 0 saturated carbocycles. The van der Waals surface area contributed by atoms with E-state index < -0.39 is 0 Å². The molecule has 0 N–H and O–H groups in total. The predicted molar refractivity (Wildman–Crippen MR) is 108 cm³/mol. The van der Waals surface area contributed by atoms with E-state index >= 15 is 0 Å². The maximum absolute atomic E-state index is 2.67. The van der Waals surface area contributed by atoms with Crippen LogP contribution in [0.25, 0.3) is 0 Å². The van der Waals surface area contributed by atoms with Crippen molar-refractivity contribution in [3.63, 3.8) is 0 Å². The minimum atomic E-state index is 0.312. The molecule has 1 aromatic heterocycles. The maximum Gasteiger partial charge on any atom is 0.0759 e. The second kappa shape index (κ2) is 7.13. The third-order valence-corrected chi connectivity index (χ3v) is 5.75. The lowest BCUT2D eigenvalue weighted by Gasteiger charge is -2.31. The molecule has 26 heavy (non-hydrogen) atoms. The molecular formula is C24H28N2. The molecule has 2 aromatic carbocycles. The Morgan fingerprint density at radius 2 is 1.58 bits per heavy atom. The predicted octanol–water partition coefficient (Wildman–Crippen LogP) is 5.41. The quantitative estimate of drug-likeness (QED) is 0.617. The van der Waals surface area contributed by atoms with Crippen molar-refractivity contribution in [3.05, 3.63) is 94.3 Å². The Labute approximate surface area is 157 Å². The van der Waals surface area contributed by atoms with Crippen LogP contribution in [0, 0.1) is 20.8 Å². The first kappa shape index (κ1) is 17.1. The van der Waals surface area contributed by atoms with Gasteiger partial charge in [-0.2, -0.15) is 0 Å². The van der Waals surface area contributed by atoms with E-state index in [1.807, 2.05) is 0 Å². The Bertz CT molecular complexity index is 869. The number of benzene rings is 2. The van der Waals surface area contributed by atoms with Gasteiger partial charge in [-0.05, 0) is 61.6 Å². The molecule has 0 spiro atoms. The van der Waals surface area contributed by atoms with Crippen LogP contribution in [-0.2, 0) is 13.1 Å². The zero-order valence-corrected chi connectivity index (χ0v) is 16.1. The van der Waals surface area contributed by atoms with Crippen molar-refractivity contribution in [2.45, 2.75) is 46.3 Å². The number of aryl methyl sites for hydroxylation is 4. The second-order valence-corrected chi connectivity index (χ2v) is 7.63. The first-order valence-corrected chi connectivity index (χ1v) is 9.64. The standard InChI is InChI=1S/C24H28N2/c1-18-10-12-21(13-11-18)24-23-9-5-14-25(23)15-6-16-26(24)17-22-19(2)7-4-8-20(22)3/h4-5,7-14,24H,6,15-17H2,1-3H3. The molecule has 2 nitrogen and oxygen atoms in total. The van der Waals surface area contributed by atoms with Gasteiger partial charge in [0.05, 0.1) is 6.04 Å². The topological polar surface area (TPSA) is 8.17 Å². The Morgan fingerprint density at radius 1 is 0.846 bits per heavy atom. The largest absolute Gasteiger partial charge is 0.350 e. The molecule has 1 unspecified atom stereocenters. The molecule has 0 saturated heterocycles. The van der Waals surface area contributed by atoms with Crippen LogP contribution in [0.1, 0.15) is 46.0 Å². The van der Waals surface area contributed by atoms with E-state index in [2.05, 4.69) is 91.0 Å². The highest BCUT2D eigenvalue weighted by atomic mass is 15.2. The zero-order valence-electron chi connectivity index (χ0n) is 16.1. The van der Waals surface area contributed by atoms with E-state index in [4.69, 9.17) is 0 Å². The van der Waals surface area contributed by atoms with Gasteiger partial charge in [0.2, 0.25) is 0 Å². The van der Waals surface area contributed by atoms with Crippen molar-refractivity contribution in [1.82, 2.24) is 9.47 Å². The summed E-state index contributed by atoms with van der Waals surface area (Å²) in [5.41, 5.74) is 8.39. The summed E-state index contributed by atoms with van der Waals surface area (Å²) in [6.45, 7) is 9.87. The van der Waals surface area contributed by atoms with Gasteiger partial charge in [0.25, 0.3) is 0 Å². The molecule has 1 aliphatic rings. The number of aromatic nitrogens is 1. The highest BCUT2D eigenvalue weighted by Crippen LogP contribution is 2.34. The van der Waals surface area contributed by atoms with Crippen LogP contribution < -0.4 is 0 Å². The number of hydrogen-bond acceptors (Lipinski definition) is 1. The molecule has 0 bridgehead atoms. The van der Waals surface area contributed by atoms with Gasteiger partial charge in [0, 0.05) is 31.5 Å². The average Bonchev–Trinajstić information content (AvgIpc) is 3.01. The van der Waals surface area contributed by atoms with Gasteiger partial charge in [-0.25, -0.2) is 0 Å². The van der Waals surface area contributed by atoms with Gasteiger partial charge in [-0.1, -0.05) is 48.0 Å². The Kier molecular flexibility index (Phi) is 4.69. The van der Waals surface area contributed by atoms with Gasteiger partial charge in [-0.15, -0.1) is 0 Å². The Balaban J connectivity index is 1.77. The van der Waals surface area contributed by atoms with Crippen molar-refractivity contribution in [3.8, 4) is 0 Å².